The number of unbranched alkanes of at least 4 members (excludes halogenated alkanes) is 3. The van der Waals surface area contributed by atoms with Crippen molar-refractivity contribution in [2.24, 2.45) is 11.3 Å². The second-order valence-electron chi connectivity index (χ2n) is 7.19. The van der Waals surface area contributed by atoms with Crippen molar-refractivity contribution in [3.63, 3.8) is 0 Å². The highest BCUT2D eigenvalue weighted by molar-refractivity contribution is 7.89. The van der Waals surface area contributed by atoms with Crippen LogP contribution in [0.5, 0.6) is 0 Å². The molecule has 1 rings (SSSR count). The van der Waals surface area contributed by atoms with Crippen LogP contribution in [0.4, 0.5) is 0 Å². The predicted octanol–water partition coefficient (Wildman–Crippen LogP) is 4.71. The maximum Gasteiger partial charge on any atom is 0.309 e. The van der Waals surface area contributed by atoms with Crippen LogP contribution < -0.4 is 4.72 Å². The van der Waals surface area contributed by atoms with Gasteiger partial charge in [0.2, 0.25) is 10.0 Å². The zero-order chi connectivity index (χ0) is 19.8. The third-order valence-corrected chi connectivity index (χ3v) is 6.69. The zero-order valence-corrected chi connectivity index (χ0v) is 17.4. The summed E-state index contributed by atoms with van der Waals surface area (Å²) in [7, 11) is -3.49. The van der Waals surface area contributed by atoms with Gasteiger partial charge in [-0.25, -0.2) is 13.1 Å². The number of halogens is 1. The highest BCUT2D eigenvalue weighted by Gasteiger charge is 2.34. The minimum Gasteiger partial charge on any atom is -0.481 e. The number of benzene rings is 1. The molecule has 2 N–H and O–H groups in total. The molecule has 0 aliphatic heterocycles. The summed E-state index contributed by atoms with van der Waals surface area (Å²) in [6, 6.07) is 6.08. The van der Waals surface area contributed by atoms with Crippen LogP contribution in [0, 0.1) is 11.3 Å². The van der Waals surface area contributed by atoms with Crippen LogP contribution in [0.25, 0.3) is 0 Å². The van der Waals surface area contributed by atoms with Crippen LogP contribution >= 0.6 is 11.6 Å². The van der Waals surface area contributed by atoms with Gasteiger partial charge in [0.1, 0.15) is 0 Å². The summed E-state index contributed by atoms with van der Waals surface area (Å²) in [5, 5.41) is 9.83. The number of carbonyl (C=O) groups is 1. The van der Waals surface area contributed by atoms with Gasteiger partial charge in [0.25, 0.3) is 0 Å². The molecule has 0 aromatic heterocycles. The molecule has 1 aromatic carbocycles. The molecule has 0 heterocycles. The van der Waals surface area contributed by atoms with Gasteiger partial charge in [0, 0.05) is 11.6 Å². The van der Waals surface area contributed by atoms with Crippen LogP contribution in [-0.4, -0.2) is 26.0 Å². The van der Waals surface area contributed by atoms with E-state index in [0.29, 0.717) is 11.6 Å². The normalized spacial score (nSPS) is 13.5. The lowest BCUT2D eigenvalue weighted by molar-refractivity contribution is -0.150. The summed E-state index contributed by atoms with van der Waals surface area (Å²) in [4.78, 5) is 11.6. The average molecular weight is 404 g/mol. The molecule has 5 nitrogen and oxygen atoms in total. The van der Waals surface area contributed by atoms with Crippen molar-refractivity contribution in [2.75, 3.05) is 6.54 Å². The van der Waals surface area contributed by atoms with Gasteiger partial charge in [-0.2, -0.15) is 0 Å². The molecule has 148 valence electrons. The summed E-state index contributed by atoms with van der Waals surface area (Å²) in [5.41, 5.74) is -0.705. The third-order valence-electron chi connectivity index (χ3n) is 4.96. The minimum absolute atomic E-state index is 0.156. The van der Waals surface area contributed by atoms with E-state index >= 15 is 0 Å². The second kappa shape index (κ2) is 10.3. The Bertz CT molecular complexity index is 671. The fourth-order valence-electron chi connectivity index (χ4n) is 3.02. The van der Waals surface area contributed by atoms with Gasteiger partial charge in [-0.05, 0) is 56.9 Å². The first-order valence-corrected chi connectivity index (χ1v) is 11.0. The Hall–Kier alpha value is -1.11. The summed E-state index contributed by atoms with van der Waals surface area (Å²) < 4.78 is 26.8. The zero-order valence-electron chi connectivity index (χ0n) is 15.8. The fraction of sp³-hybridized carbons (Fsp3) is 0.632. The lowest BCUT2D eigenvalue weighted by atomic mass is 9.74. The lowest BCUT2D eigenvalue weighted by Crippen LogP contribution is -2.32. The summed E-state index contributed by atoms with van der Waals surface area (Å²) in [6.07, 6.45) is 5.32. The van der Waals surface area contributed by atoms with E-state index in [0.717, 1.165) is 38.5 Å². The molecule has 0 bridgehead atoms. The van der Waals surface area contributed by atoms with E-state index in [9.17, 15) is 18.3 Å². The van der Waals surface area contributed by atoms with Gasteiger partial charge in [-0.1, -0.05) is 44.2 Å². The van der Waals surface area contributed by atoms with Crippen molar-refractivity contribution in [3.05, 3.63) is 29.3 Å². The Morgan fingerprint density at radius 1 is 1.15 bits per heavy atom. The summed E-state index contributed by atoms with van der Waals surface area (Å²) in [6.45, 7) is 5.99. The smallest absolute Gasteiger partial charge is 0.309 e. The summed E-state index contributed by atoms with van der Waals surface area (Å²) >= 11 is 5.77. The third kappa shape index (κ3) is 6.89. The molecule has 1 unspecified atom stereocenters. The molecule has 0 amide bonds. The van der Waals surface area contributed by atoms with Crippen molar-refractivity contribution >= 4 is 27.6 Å². The molecular weight excluding hydrogens is 374 g/mol. The van der Waals surface area contributed by atoms with Crippen molar-refractivity contribution in [1.29, 1.82) is 0 Å². The van der Waals surface area contributed by atoms with E-state index < -0.39 is 21.4 Å². The van der Waals surface area contributed by atoms with E-state index in [2.05, 4.69) is 4.72 Å². The van der Waals surface area contributed by atoms with E-state index in [-0.39, 0.29) is 10.8 Å². The van der Waals surface area contributed by atoms with E-state index in [1.807, 2.05) is 6.92 Å². The Balaban J connectivity index is 2.29. The van der Waals surface area contributed by atoms with Crippen molar-refractivity contribution in [3.8, 4) is 0 Å². The first-order valence-electron chi connectivity index (χ1n) is 9.10. The minimum atomic E-state index is -3.49. The Kier molecular flexibility index (Phi) is 9.07. The molecule has 0 aliphatic carbocycles. The number of hydrogen-bond donors (Lipinski definition) is 2. The molecule has 26 heavy (non-hydrogen) atoms. The fourth-order valence-corrected chi connectivity index (χ4v) is 4.22. The van der Waals surface area contributed by atoms with Crippen molar-refractivity contribution in [2.45, 2.75) is 64.2 Å². The van der Waals surface area contributed by atoms with Crippen LogP contribution in [0.3, 0.4) is 0 Å². The lowest BCUT2D eigenvalue weighted by Gasteiger charge is -2.29. The topological polar surface area (TPSA) is 83.5 Å². The van der Waals surface area contributed by atoms with E-state index in [1.54, 1.807) is 26.0 Å². The van der Waals surface area contributed by atoms with Gasteiger partial charge in [0.15, 0.2) is 0 Å². The monoisotopic (exact) mass is 403 g/mol. The van der Waals surface area contributed by atoms with E-state index in [1.165, 1.54) is 12.1 Å². The van der Waals surface area contributed by atoms with Gasteiger partial charge < -0.3 is 5.11 Å². The molecule has 1 atom stereocenters. The largest absolute Gasteiger partial charge is 0.481 e. The second-order valence-corrected chi connectivity index (χ2v) is 9.39. The molecule has 1 aromatic rings. The van der Waals surface area contributed by atoms with Gasteiger partial charge in [-0.15, -0.1) is 0 Å². The number of rotatable bonds is 12. The Morgan fingerprint density at radius 3 is 2.27 bits per heavy atom. The Morgan fingerprint density at radius 2 is 1.73 bits per heavy atom. The molecule has 0 fully saturated rings. The number of nitrogens with one attached hydrogen (secondary N) is 1. The van der Waals surface area contributed by atoms with Crippen LogP contribution in [0.1, 0.15) is 59.3 Å². The first kappa shape index (κ1) is 22.9. The number of aliphatic carboxylic acids is 1. The quantitative estimate of drug-likeness (QED) is 0.495. The van der Waals surface area contributed by atoms with Crippen LogP contribution in [0.15, 0.2) is 29.2 Å². The van der Waals surface area contributed by atoms with Gasteiger partial charge >= 0.3 is 5.97 Å². The number of carboxylic acids is 1. The average Bonchev–Trinajstić information content (AvgIpc) is 2.57. The highest BCUT2D eigenvalue weighted by atomic mass is 35.5. The molecule has 0 spiro atoms. The summed E-state index contributed by atoms with van der Waals surface area (Å²) in [5.74, 6) is -0.593. The van der Waals surface area contributed by atoms with Crippen molar-refractivity contribution < 1.29 is 18.3 Å². The van der Waals surface area contributed by atoms with Gasteiger partial charge in [-0.3, -0.25) is 4.79 Å². The van der Waals surface area contributed by atoms with Crippen LogP contribution in [-0.2, 0) is 14.8 Å². The van der Waals surface area contributed by atoms with E-state index in [4.69, 9.17) is 11.6 Å². The number of carboxylic acid groups (broad SMARTS) is 1. The number of hydrogen-bond acceptors (Lipinski definition) is 3. The highest BCUT2D eigenvalue weighted by Crippen LogP contribution is 2.33. The molecule has 0 saturated carbocycles. The molecule has 0 aliphatic rings. The molecule has 7 heteroatoms. The maximum atomic E-state index is 12.1. The van der Waals surface area contributed by atoms with Crippen LogP contribution in [0.2, 0.25) is 5.02 Å². The molecular formula is C19H30ClNO4S. The molecule has 0 radical (unpaired) electrons. The maximum absolute atomic E-state index is 12.1. The SMILES string of the molecule is CCC(CCCCCCNS(=O)(=O)c1ccc(Cl)cc1)C(C)(C)C(=O)O. The Labute approximate surface area is 162 Å². The first-order chi connectivity index (χ1) is 12.1. The predicted molar refractivity (Wildman–Crippen MR) is 105 cm³/mol. The number of sulfonamides is 1. The standard InChI is InChI=1S/C19H30ClNO4S/c1-4-15(19(2,3)18(22)23)9-7-5-6-8-14-21-26(24,25)17-12-10-16(20)11-13-17/h10-13,15,21H,4-9,14H2,1-3H3,(H,22,23). The van der Waals surface area contributed by atoms with Gasteiger partial charge in [0.05, 0.1) is 10.3 Å². The molecule has 0 saturated heterocycles. The van der Waals surface area contributed by atoms with Crippen molar-refractivity contribution in [1.82, 2.24) is 4.72 Å².